The Morgan fingerprint density at radius 2 is 1.09 bits per heavy atom. The van der Waals surface area contributed by atoms with Crippen molar-refractivity contribution in [1.82, 2.24) is 10.2 Å². The molecule has 0 radical (unpaired) electrons. The summed E-state index contributed by atoms with van der Waals surface area (Å²) in [5.74, 6) is 0.135. The molecule has 202 valence electrons. The highest BCUT2D eigenvalue weighted by molar-refractivity contribution is 5.73. The molecule has 0 aromatic rings. The fourth-order valence-corrected chi connectivity index (χ4v) is 4.66. The molecule has 0 aromatic carbocycles. The summed E-state index contributed by atoms with van der Waals surface area (Å²) in [5, 5.41) is 3.21. The highest BCUT2D eigenvalue weighted by Gasteiger charge is 2.09. The second kappa shape index (κ2) is 25.3. The predicted molar refractivity (Wildman–Crippen MR) is 153 cm³/mol. The molecule has 0 bridgehead atoms. The minimum atomic E-state index is 0.135. The third kappa shape index (κ3) is 24.3. The van der Waals surface area contributed by atoms with Gasteiger partial charge >= 0.3 is 0 Å². The van der Waals surface area contributed by atoms with Gasteiger partial charge in [-0.15, -0.1) is 0 Å². The first-order valence-electron chi connectivity index (χ1n) is 15.1. The van der Waals surface area contributed by atoms with E-state index in [-0.39, 0.29) is 5.91 Å². The molecule has 0 spiro atoms. The van der Waals surface area contributed by atoms with E-state index in [1.807, 2.05) is 0 Å². The number of nitrogens with zero attached hydrogens (tertiary/aromatic N) is 1. The molecule has 0 saturated carbocycles. The summed E-state index contributed by atoms with van der Waals surface area (Å²) < 4.78 is 0. The number of rotatable bonds is 25. The van der Waals surface area contributed by atoms with E-state index in [9.17, 15) is 4.79 Å². The van der Waals surface area contributed by atoms with E-state index in [1.54, 1.807) is 6.92 Å². The van der Waals surface area contributed by atoms with E-state index in [0.717, 1.165) is 12.8 Å². The van der Waals surface area contributed by atoms with Crippen LogP contribution >= 0.6 is 0 Å². The summed E-state index contributed by atoms with van der Waals surface area (Å²) in [5.41, 5.74) is 0. The van der Waals surface area contributed by atoms with Crippen molar-refractivity contribution >= 4 is 5.91 Å². The molecule has 0 heterocycles. The van der Waals surface area contributed by atoms with Gasteiger partial charge in [0.2, 0.25) is 5.91 Å². The molecule has 0 aromatic heterocycles. The Morgan fingerprint density at radius 1 is 0.676 bits per heavy atom. The number of hydrogen-bond donors (Lipinski definition) is 1. The zero-order valence-electron chi connectivity index (χ0n) is 24.0. The zero-order chi connectivity index (χ0) is 25.3. The first-order chi connectivity index (χ1) is 16.5. The van der Waals surface area contributed by atoms with E-state index in [2.05, 4.69) is 50.3 Å². The molecule has 2 atom stereocenters. The van der Waals surface area contributed by atoms with E-state index < -0.39 is 0 Å². The van der Waals surface area contributed by atoms with Gasteiger partial charge in [-0.25, -0.2) is 0 Å². The summed E-state index contributed by atoms with van der Waals surface area (Å²) in [6, 6.07) is 1.08. The van der Waals surface area contributed by atoms with Gasteiger partial charge in [-0.05, 0) is 66.0 Å². The largest absolute Gasteiger partial charge is 0.354 e. The summed E-state index contributed by atoms with van der Waals surface area (Å²) in [6.07, 6.45) is 32.4. The number of carbonyl (C=O) groups excluding carboxylic acids is 1. The van der Waals surface area contributed by atoms with Crippen LogP contribution in [-0.4, -0.2) is 37.0 Å². The summed E-state index contributed by atoms with van der Waals surface area (Å²) in [4.78, 5) is 13.9. The second-order valence-corrected chi connectivity index (χ2v) is 10.9. The third-order valence-corrected chi connectivity index (χ3v) is 7.28. The van der Waals surface area contributed by atoms with Crippen LogP contribution in [-0.2, 0) is 4.79 Å². The lowest BCUT2D eigenvalue weighted by atomic mass is 9.99. The van der Waals surface area contributed by atoms with Crippen LogP contribution in [0, 0.1) is 0 Å². The SMILES string of the molecule is CCCCCCCC/C=C\CCCCCCCC(CCCCCCCC(C)N(C)C)NC(C)=O. The van der Waals surface area contributed by atoms with Crippen LogP contribution in [0.1, 0.15) is 156 Å². The molecular weight excluding hydrogens is 416 g/mol. The van der Waals surface area contributed by atoms with Gasteiger partial charge in [-0.1, -0.05) is 109 Å². The van der Waals surface area contributed by atoms with Crippen molar-refractivity contribution in [3.8, 4) is 0 Å². The van der Waals surface area contributed by atoms with Crippen molar-refractivity contribution in [2.45, 2.75) is 168 Å². The lowest BCUT2D eigenvalue weighted by Gasteiger charge is -2.19. The lowest BCUT2D eigenvalue weighted by Crippen LogP contribution is -2.32. The Hall–Kier alpha value is -0.830. The van der Waals surface area contributed by atoms with Crippen LogP contribution in [0.4, 0.5) is 0 Å². The molecule has 3 heteroatoms. The molecule has 1 amide bonds. The quantitative estimate of drug-likeness (QED) is 0.105. The van der Waals surface area contributed by atoms with Crippen LogP contribution in [0.15, 0.2) is 12.2 Å². The van der Waals surface area contributed by atoms with Crippen LogP contribution < -0.4 is 5.32 Å². The zero-order valence-corrected chi connectivity index (χ0v) is 24.0. The highest BCUT2D eigenvalue weighted by Crippen LogP contribution is 2.15. The number of carbonyl (C=O) groups is 1. The fourth-order valence-electron chi connectivity index (χ4n) is 4.66. The minimum Gasteiger partial charge on any atom is -0.354 e. The average molecular weight is 479 g/mol. The normalized spacial score (nSPS) is 13.6. The molecule has 34 heavy (non-hydrogen) atoms. The van der Waals surface area contributed by atoms with Gasteiger partial charge in [0.05, 0.1) is 0 Å². The topological polar surface area (TPSA) is 32.3 Å². The molecular formula is C31H62N2O. The van der Waals surface area contributed by atoms with Crippen molar-refractivity contribution in [3.63, 3.8) is 0 Å². The summed E-state index contributed by atoms with van der Waals surface area (Å²) >= 11 is 0. The van der Waals surface area contributed by atoms with Crippen molar-refractivity contribution < 1.29 is 4.79 Å². The van der Waals surface area contributed by atoms with Crippen molar-refractivity contribution in [1.29, 1.82) is 0 Å². The Labute approximate surface area is 214 Å². The molecule has 0 aliphatic rings. The molecule has 2 unspecified atom stereocenters. The lowest BCUT2D eigenvalue weighted by molar-refractivity contribution is -0.119. The van der Waals surface area contributed by atoms with E-state index >= 15 is 0 Å². The third-order valence-electron chi connectivity index (χ3n) is 7.28. The van der Waals surface area contributed by atoms with Crippen LogP contribution in [0.5, 0.6) is 0 Å². The van der Waals surface area contributed by atoms with E-state index in [1.165, 1.54) is 122 Å². The highest BCUT2D eigenvalue weighted by atomic mass is 16.1. The van der Waals surface area contributed by atoms with Gasteiger partial charge in [-0.2, -0.15) is 0 Å². The standard InChI is InChI=1S/C31H62N2O/c1-6-7-8-9-10-11-12-13-14-15-16-17-18-21-24-27-31(32-30(3)34)28-25-22-19-20-23-26-29(2)33(4)5/h13-14,29,31H,6-12,15-28H2,1-5H3,(H,32,34)/b14-13-. The Kier molecular flexibility index (Phi) is 24.7. The number of allylic oxidation sites excluding steroid dienone is 2. The number of nitrogens with one attached hydrogen (secondary N) is 1. The monoisotopic (exact) mass is 478 g/mol. The maximum absolute atomic E-state index is 11.6. The smallest absolute Gasteiger partial charge is 0.217 e. The van der Waals surface area contributed by atoms with Crippen molar-refractivity contribution in [3.05, 3.63) is 12.2 Å². The predicted octanol–water partition coefficient (Wildman–Crippen LogP) is 9.21. The van der Waals surface area contributed by atoms with Gasteiger partial charge in [0, 0.05) is 19.0 Å². The maximum atomic E-state index is 11.6. The van der Waals surface area contributed by atoms with Crippen LogP contribution in [0.25, 0.3) is 0 Å². The summed E-state index contributed by atoms with van der Waals surface area (Å²) in [6.45, 7) is 6.26. The van der Waals surface area contributed by atoms with Crippen molar-refractivity contribution in [2.75, 3.05) is 14.1 Å². The molecule has 0 aliphatic carbocycles. The van der Waals surface area contributed by atoms with Gasteiger partial charge in [0.25, 0.3) is 0 Å². The minimum absolute atomic E-state index is 0.135. The summed E-state index contributed by atoms with van der Waals surface area (Å²) in [7, 11) is 4.34. The van der Waals surface area contributed by atoms with Gasteiger partial charge in [0.15, 0.2) is 0 Å². The average Bonchev–Trinajstić information content (AvgIpc) is 2.80. The van der Waals surface area contributed by atoms with Gasteiger partial charge in [0.1, 0.15) is 0 Å². The molecule has 0 rings (SSSR count). The van der Waals surface area contributed by atoms with Gasteiger partial charge < -0.3 is 10.2 Å². The van der Waals surface area contributed by atoms with E-state index in [0.29, 0.717) is 12.1 Å². The molecule has 0 saturated heterocycles. The van der Waals surface area contributed by atoms with Crippen LogP contribution in [0.3, 0.4) is 0 Å². The van der Waals surface area contributed by atoms with E-state index in [4.69, 9.17) is 0 Å². The molecule has 1 N–H and O–H groups in total. The maximum Gasteiger partial charge on any atom is 0.217 e. The first kappa shape index (κ1) is 33.2. The van der Waals surface area contributed by atoms with Crippen molar-refractivity contribution in [2.24, 2.45) is 0 Å². The second-order valence-electron chi connectivity index (χ2n) is 10.9. The molecule has 0 fully saturated rings. The van der Waals surface area contributed by atoms with Crippen LogP contribution in [0.2, 0.25) is 0 Å². The molecule has 3 nitrogen and oxygen atoms in total. The Bertz CT molecular complexity index is 460. The Balaban J connectivity index is 3.63. The number of amides is 1. The first-order valence-corrected chi connectivity index (χ1v) is 15.1. The number of hydrogen-bond acceptors (Lipinski definition) is 2. The fraction of sp³-hybridized carbons (Fsp3) is 0.903. The number of unbranched alkanes of at least 4 members (excludes halogenated alkanes) is 15. The Morgan fingerprint density at radius 3 is 1.53 bits per heavy atom. The molecule has 0 aliphatic heterocycles. The van der Waals surface area contributed by atoms with Gasteiger partial charge in [-0.3, -0.25) is 4.79 Å².